The number of benzene rings is 1. The molecule has 3 heteroatoms. The van der Waals surface area contributed by atoms with Gasteiger partial charge in [-0.1, -0.05) is 27.7 Å². The fourth-order valence-electron chi connectivity index (χ4n) is 2.35. The zero-order valence-electron chi connectivity index (χ0n) is 14.0. The molecule has 0 aliphatic carbocycles. The van der Waals surface area contributed by atoms with Crippen LogP contribution in [0.4, 0.5) is 0 Å². The van der Waals surface area contributed by atoms with Crippen LogP contribution < -0.4 is 10.5 Å². The van der Waals surface area contributed by atoms with Gasteiger partial charge in [-0.3, -0.25) is 0 Å². The van der Waals surface area contributed by atoms with E-state index < -0.39 is 0 Å². The Morgan fingerprint density at radius 3 is 2.33 bits per heavy atom. The van der Waals surface area contributed by atoms with Crippen molar-refractivity contribution in [2.75, 3.05) is 13.2 Å². The van der Waals surface area contributed by atoms with Crippen molar-refractivity contribution in [2.45, 2.75) is 59.8 Å². The Morgan fingerprint density at radius 2 is 1.76 bits per heavy atom. The number of rotatable bonds is 9. The number of phenolic OH excluding ortho intramolecular Hbond substituents is 1. The standard InChI is InChI=1S/C18H31NO2/c1-5-14-11-15(6-2)17(12-16(14)20)21-10-8-7-9-18(3,4)13-19/h11-12,20H,5-10,13,19H2,1-4H3. The van der Waals surface area contributed by atoms with Gasteiger partial charge >= 0.3 is 0 Å². The van der Waals surface area contributed by atoms with Crippen LogP contribution in [0.1, 0.15) is 58.1 Å². The second-order valence-corrected chi connectivity index (χ2v) is 6.47. The van der Waals surface area contributed by atoms with E-state index in [9.17, 15) is 5.11 Å². The molecule has 0 aliphatic heterocycles. The Balaban J connectivity index is 2.50. The van der Waals surface area contributed by atoms with Crippen LogP contribution in [0.3, 0.4) is 0 Å². The van der Waals surface area contributed by atoms with Crippen molar-refractivity contribution < 1.29 is 9.84 Å². The first-order chi connectivity index (χ1) is 9.93. The van der Waals surface area contributed by atoms with E-state index >= 15 is 0 Å². The Bertz CT molecular complexity index is 441. The van der Waals surface area contributed by atoms with Crippen LogP contribution in [0.5, 0.6) is 11.5 Å². The molecule has 21 heavy (non-hydrogen) atoms. The second kappa shape index (κ2) is 8.28. The van der Waals surface area contributed by atoms with E-state index in [0.717, 1.165) is 50.0 Å². The van der Waals surface area contributed by atoms with Gasteiger partial charge in [0.05, 0.1) is 6.61 Å². The molecule has 0 radical (unpaired) electrons. The first-order valence-electron chi connectivity index (χ1n) is 8.11. The molecule has 0 fully saturated rings. The smallest absolute Gasteiger partial charge is 0.126 e. The van der Waals surface area contributed by atoms with Crippen LogP contribution in [0.2, 0.25) is 0 Å². The van der Waals surface area contributed by atoms with Crippen LogP contribution in [0, 0.1) is 5.41 Å². The number of ether oxygens (including phenoxy) is 1. The van der Waals surface area contributed by atoms with Crippen LogP contribution in [-0.2, 0) is 12.8 Å². The van der Waals surface area contributed by atoms with Crippen molar-refractivity contribution in [3.8, 4) is 11.5 Å². The largest absolute Gasteiger partial charge is 0.508 e. The number of phenols is 1. The summed E-state index contributed by atoms with van der Waals surface area (Å²) in [5.41, 5.74) is 8.12. The molecular weight excluding hydrogens is 262 g/mol. The van der Waals surface area contributed by atoms with E-state index in [1.54, 1.807) is 6.07 Å². The number of hydrogen-bond acceptors (Lipinski definition) is 3. The minimum atomic E-state index is 0.218. The summed E-state index contributed by atoms with van der Waals surface area (Å²) in [5, 5.41) is 9.96. The molecule has 0 bridgehead atoms. The van der Waals surface area contributed by atoms with E-state index in [-0.39, 0.29) is 5.41 Å². The summed E-state index contributed by atoms with van der Waals surface area (Å²) in [5.74, 6) is 1.17. The average Bonchev–Trinajstić information content (AvgIpc) is 2.47. The summed E-state index contributed by atoms with van der Waals surface area (Å²) in [7, 11) is 0. The maximum Gasteiger partial charge on any atom is 0.126 e. The van der Waals surface area contributed by atoms with E-state index in [1.807, 2.05) is 6.92 Å². The normalized spacial score (nSPS) is 11.7. The van der Waals surface area contributed by atoms with Crippen molar-refractivity contribution in [2.24, 2.45) is 11.1 Å². The summed E-state index contributed by atoms with van der Waals surface area (Å²) in [6, 6.07) is 3.82. The highest BCUT2D eigenvalue weighted by atomic mass is 16.5. The highest BCUT2D eigenvalue weighted by Gasteiger charge is 2.14. The van der Waals surface area contributed by atoms with Crippen LogP contribution in [0.15, 0.2) is 12.1 Å². The molecule has 0 amide bonds. The maximum atomic E-state index is 9.96. The van der Waals surface area contributed by atoms with Gasteiger partial charge in [0.1, 0.15) is 11.5 Å². The van der Waals surface area contributed by atoms with Crippen LogP contribution in [0.25, 0.3) is 0 Å². The van der Waals surface area contributed by atoms with Crippen molar-refractivity contribution >= 4 is 0 Å². The fraction of sp³-hybridized carbons (Fsp3) is 0.667. The third-order valence-electron chi connectivity index (χ3n) is 4.08. The lowest BCUT2D eigenvalue weighted by atomic mass is 9.87. The van der Waals surface area contributed by atoms with Gasteiger partial charge in [0.2, 0.25) is 0 Å². The first kappa shape index (κ1) is 17.8. The minimum absolute atomic E-state index is 0.218. The molecule has 0 saturated carbocycles. The van der Waals surface area contributed by atoms with Crippen LogP contribution >= 0.6 is 0 Å². The molecule has 0 saturated heterocycles. The molecule has 3 nitrogen and oxygen atoms in total. The molecule has 0 spiro atoms. The second-order valence-electron chi connectivity index (χ2n) is 6.47. The Hall–Kier alpha value is -1.22. The monoisotopic (exact) mass is 293 g/mol. The predicted molar refractivity (Wildman–Crippen MR) is 89.0 cm³/mol. The summed E-state index contributed by atoms with van der Waals surface area (Å²) in [4.78, 5) is 0. The molecule has 1 rings (SSSR count). The molecule has 0 unspecified atom stereocenters. The highest BCUT2D eigenvalue weighted by Crippen LogP contribution is 2.29. The zero-order chi connectivity index (χ0) is 15.9. The average molecular weight is 293 g/mol. The molecule has 120 valence electrons. The summed E-state index contributed by atoms with van der Waals surface area (Å²) < 4.78 is 5.87. The van der Waals surface area contributed by atoms with Gasteiger partial charge in [0.15, 0.2) is 0 Å². The molecule has 0 atom stereocenters. The minimum Gasteiger partial charge on any atom is -0.508 e. The Labute approximate surface area is 129 Å². The number of nitrogens with two attached hydrogens (primary N) is 1. The molecule has 0 aliphatic rings. The summed E-state index contributed by atoms with van der Waals surface area (Å²) in [6.45, 7) is 9.98. The molecule has 0 heterocycles. The third-order valence-corrected chi connectivity index (χ3v) is 4.08. The van der Waals surface area contributed by atoms with E-state index in [4.69, 9.17) is 10.5 Å². The van der Waals surface area contributed by atoms with E-state index in [2.05, 4.69) is 26.8 Å². The summed E-state index contributed by atoms with van der Waals surface area (Å²) >= 11 is 0. The molecule has 1 aromatic carbocycles. The quantitative estimate of drug-likeness (QED) is 0.675. The molecule has 0 aromatic heterocycles. The molecular formula is C18H31NO2. The lowest BCUT2D eigenvalue weighted by Crippen LogP contribution is -2.23. The van der Waals surface area contributed by atoms with Crippen molar-refractivity contribution in [1.82, 2.24) is 0 Å². The van der Waals surface area contributed by atoms with E-state index in [0.29, 0.717) is 12.4 Å². The van der Waals surface area contributed by atoms with Crippen molar-refractivity contribution in [3.63, 3.8) is 0 Å². The van der Waals surface area contributed by atoms with Crippen molar-refractivity contribution in [3.05, 3.63) is 23.3 Å². The first-order valence-corrected chi connectivity index (χ1v) is 8.11. The summed E-state index contributed by atoms with van der Waals surface area (Å²) in [6.07, 6.45) is 5.01. The Morgan fingerprint density at radius 1 is 1.10 bits per heavy atom. The number of unbranched alkanes of at least 4 members (excludes halogenated alkanes) is 1. The fourth-order valence-corrected chi connectivity index (χ4v) is 2.35. The van der Waals surface area contributed by atoms with Crippen LogP contribution in [-0.4, -0.2) is 18.3 Å². The highest BCUT2D eigenvalue weighted by molar-refractivity contribution is 5.46. The lowest BCUT2D eigenvalue weighted by Gasteiger charge is -2.22. The zero-order valence-corrected chi connectivity index (χ0v) is 14.0. The number of aromatic hydroxyl groups is 1. The molecule has 1 aromatic rings. The SMILES string of the molecule is CCc1cc(CC)c(OCCCCC(C)(C)CN)cc1O. The topological polar surface area (TPSA) is 55.5 Å². The predicted octanol–water partition coefficient (Wildman–Crippen LogP) is 4.05. The van der Waals surface area contributed by atoms with Gasteiger partial charge in [-0.2, -0.15) is 0 Å². The van der Waals surface area contributed by atoms with Crippen molar-refractivity contribution in [1.29, 1.82) is 0 Å². The number of aryl methyl sites for hydroxylation is 2. The number of hydrogen-bond donors (Lipinski definition) is 2. The van der Waals surface area contributed by atoms with Gasteiger partial charge in [-0.15, -0.1) is 0 Å². The van der Waals surface area contributed by atoms with Gasteiger partial charge in [-0.05, 0) is 61.3 Å². The van der Waals surface area contributed by atoms with Gasteiger partial charge in [0.25, 0.3) is 0 Å². The van der Waals surface area contributed by atoms with Gasteiger partial charge in [-0.25, -0.2) is 0 Å². The maximum absolute atomic E-state index is 9.96. The molecule has 3 N–H and O–H groups in total. The lowest BCUT2D eigenvalue weighted by molar-refractivity contribution is 0.276. The Kier molecular flexibility index (Phi) is 7.03. The van der Waals surface area contributed by atoms with Gasteiger partial charge in [0, 0.05) is 6.07 Å². The van der Waals surface area contributed by atoms with Gasteiger partial charge < -0.3 is 15.6 Å². The van der Waals surface area contributed by atoms with E-state index in [1.165, 1.54) is 5.56 Å². The third kappa shape index (κ3) is 5.58.